The van der Waals surface area contributed by atoms with Crippen molar-refractivity contribution >= 4 is 40.6 Å². The summed E-state index contributed by atoms with van der Waals surface area (Å²) in [5, 5.41) is 3.30. The van der Waals surface area contributed by atoms with E-state index in [0.717, 1.165) is 48.3 Å². The molecule has 0 aliphatic carbocycles. The Labute approximate surface area is 232 Å². The second kappa shape index (κ2) is 9.70. The van der Waals surface area contributed by atoms with Crippen LogP contribution in [0.4, 0.5) is 15.9 Å². The van der Waals surface area contributed by atoms with E-state index in [9.17, 15) is 9.18 Å². The van der Waals surface area contributed by atoms with Crippen LogP contribution in [0.3, 0.4) is 0 Å². The molecular weight excluding hydrogens is 526 g/mol. The van der Waals surface area contributed by atoms with Crippen molar-refractivity contribution in [3.8, 4) is 16.9 Å². The van der Waals surface area contributed by atoms with Crippen molar-refractivity contribution in [3.63, 3.8) is 0 Å². The van der Waals surface area contributed by atoms with Gasteiger partial charge in [-0.25, -0.2) is 9.37 Å². The number of amides is 1. The van der Waals surface area contributed by atoms with Crippen LogP contribution in [0.2, 0.25) is 10.0 Å². The van der Waals surface area contributed by atoms with Gasteiger partial charge in [0.1, 0.15) is 11.9 Å². The first-order valence-corrected chi connectivity index (χ1v) is 13.4. The molecule has 0 unspecified atom stereocenters. The van der Waals surface area contributed by atoms with Gasteiger partial charge in [0.05, 0.1) is 10.4 Å². The Morgan fingerprint density at radius 2 is 1.84 bits per heavy atom. The number of nitrogen functional groups attached to an aromatic ring is 1. The number of piperidine rings is 1. The van der Waals surface area contributed by atoms with Crippen LogP contribution >= 0.6 is 23.2 Å². The van der Waals surface area contributed by atoms with Crippen molar-refractivity contribution in [1.82, 2.24) is 9.88 Å². The largest absolute Gasteiger partial charge is 0.482 e. The predicted molar refractivity (Wildman–Crippen MR) is 150 cm³/mol. The van der Waals surface area contributed by atoms with E-state index in [2.05, 4.69) is 42.0 Å². The Balaban J connectivity index is 1.45. The fraction of sp³-hybridized carbons (Fsp3) is 0.379. The minimum atomic E-state index is -0.678. The number of anilines is 2. The number of likely N-dealkylation sites (tertiary alicyclic amines) is 1. The average molecular weight is 557 g/mol. The van der Waals surface area contributed by atoms with E-state index in [4.69, 9.17) is 33.7 Å². The maximum Gasteiger partial charge on any atom is 0.235 e. The maximum absolute atomic E-state index is 14.1. The summed E-state index contributed by atoms with van der Waals surface area (Å²) in [6, 6.07) is 10.4. The molecule has 3 heterocycles. The van der Waals surface area contributed by atoms with Crippen LogP contribution in [-0.4, -0.2) is 34.4 Å². The zero-order valence-electron chi connectivity index (χ0n) is 21.9. The average Bonchev–Trinajstić information content (AvgIpc) is 3.13. The molecule has 6 nitrogen and oxygen atoms in total. The van der Waals surface area contributed by atoms with E-state index in [0.29, 0.717) is 16.3 Å². The molecule has 3 N–H and O–H groups in total. The highest BCUT2D eigenvalue weighted by atomic mass is 35.5. The van der Waals surface area contributed by atoms with Gasteiger partial charge in [-0.05, 0) is 82.0 Å². The van der Waals surface area contributed by atoms with Gasteiger partial charge in [0.25, 0.3) is 0 Å². The number of hydrogen-bond acceptors (Lipinski definition) is 5. The van der Waals surface area contributed by atoms with Crippen molar-refractivity contribution < 1.29 is 13.9 Å². The molecule has 200 valence electrons. The summed E-state index contributed by atoms with van der Waals surface area (Å²) in [5.74, 6) is 0.00262. The summed E-state index contributed by atoms with van der Waals surface area (Å²) in [7, 11) is 0. The highest BCUT2D eigenvalue weighted by Crippen LogP contribution is 2.47. The van der Waals surface area contributed by atoms with E-state index in [-0.39, 0.29) is 22.3 Å². The number of halogens is 3. The molecule has 0 bridgehead atoms. The number of rotatable bonds is 4. The van der Waals surface area contributed by atoms with E-state index in [1.807, 2.05) is 12.1 Å². The number of ether oxygens (including phenoxy) is 1. The number of carbonyl (C=O) groups is 1. The molecule has 1 fully saturated rings. The summed E-state index contributed by atoms with van der Waals surface area (Å²) in [5.41, 5.74) is 9.52. The quantitative estimate of drug-likeness (QED) is 0.338. The number of fused-ring (bicyclic) bond motifs is 2. The number of nitrogens with two attached hydrogens (primary N) is 1. The molecule has 1 spiro atoms. The van der Waals surface area contributed by atoms with Crippen LogP contribution in [-0.2, 0) is 10.2 Å². The molecule has 9 heteroatoms. The fourth-order valence-electron chi connectivity index (χ4n) is 5.52. The Kier molecular flexibility index (Phi) is 6.83. The molecule has 1 saturated heterocycles. The van der Waals surface area contributed by atoms with Gasteiger partial charge in [-0.15, -0.1) is 0 Å². The Bertz CT molecular complexity index is 1410. The summed E-state index contributed by atoms with van der Waals surface area (Å²) >= 11 is 12.5. The lowest BCUT2D eigenvalue weighted by Gasteiger charge is -2.44. The zero-order valence-corrected chi connectivity index (χ0v) is 23.4. The molecule has 0 saturated carbocycles. The maximum atomic E-state index is 14.1. The van der Waals surface area contributed by atoms with Crippen molar-refractivity contribution in [3.05, 3.63) is 69.6 Å². The fourth-order valence-corrected chi connectivity index (χ4v) is 6.20. The standard InChI is InChI=1S/C29H31Cl2FN4O2/c1-16(24-20(30)6-7-21(32)25(24)31)38-23-14-18(15-34-26(23)33)17-5-8-22-19(13-17)29(27(37)35-22)9-11-36(12-10-29)28(2,3)4/h5-8,13-16H,9-12H2,1-4H3,(H2,33,34)(H,35,37)/t16-/m1/s1. The lowest BCUT2D eigenvalue weighted by molar-refractivity contribution is -0.123. The lowest BCUT2D eigenvalue weighted by Crippen LogP contribution is -2.52. The summed E-state index contributed by atoms with van der Waals surface area (Å²) in [6.45, 7) is 10.0. The second-order valence-electron chi connectivity index (χ2n) is 11.1. The van der Waals surface area contributed by atoms with Crippen LogP contribution in [0.1, 0.15) is 57.8 Å². The van der Waals surface area contributed by atoms with E-state index in [1.54, 1.807) is 19.2 Å². The minimum absolute atomic E-state index is 0.0600. The van der Waals surface area contributed by atoms with Gasteiger partial charge >= 0.3 is 0 Å². The molecule has 1 amide bonds. The van der Waals surface area contributed by atoms with Gasteiger partial charge in [-0.1, -0.05) is 29.3 Å². The van der Waals surface area contributed by atoms with Crippen LogP contribution in [0, 0.1) is 5.82 Å². The van der Waals surface area contributed by atoms with Crippen molar-refractivity contribution in [2.75, 3.05) is 24.1 Å². The minimum Gasteiger partial charge on any atom is -0.482 e. The van der Waals surface area contributed by atoms with Gasteiger partial charge in [-0.2, -0.15) is 0 Å². The van der Waals surface area contributed by atoms with Gasteiger partial charge in [0.2, 0.25) is 5.91 Å². The molecular formula is C29H31Cl2FN4O2. The second-order valence-corrected chi connectivity index (χ2v) is 11.9. The van der Waals surface area contributed by atoms with Crippen LogP contribution in [0.5, 0.6) is 5.75 Å². The summed E-state index contributed by atoms with van der Waals surface area (Å²) in [4.78, 5) is 20.0. The molecule has 1 aromatic heterocycles. The number of pyridine rings is 1. The molecule has 3 aromatic rings. The first-order valence-electron chi connectivity index (χ1n) is 12.7. The Morgan fingerprint density at radius 3 is 2.53 bits per heavy atom. The Hall–Kier alpha value is -2.87. The molecule has 2 aliphatic heterocycles. The normalized spacial score (nSPS) is 17.8. The highest BCUT2D eigenvalue weighted by molar-refractivity contribution is 6.36. The molecule has 5 rings (SSSR count). The third-order valence-electron chi connectivity index (χ3n) is 7.79. The first kappa shape index (κ1) is 26.7. The summed E-state index contributed by atoms with van der Waals surface area (Å²) < 4.78 is 20.2. The third kappa shape index (κ3) is 4.61. The van der Waals surface area contributed by atoms with Crippen molar-refractivity contribution in [1.29, 1.82) is 0 Å². The van der Waals surface area contributed by atoms with Gasteiger partial charge in [0.15, 0.2) is 11.6 Å². The number of carbonyl (C=O) groups excluding carboxylic acids is 1. The van der Waals surface area contributed by atoms with Gasteiger partial charge in [0, 0.05) is 46.7 Å². The number of hydrogen-bond donors (Lipinski definition) is 2. The number of nitrogens with one attached hydrogen (secondary N) is 1. The molecule has 2 aliphatic rings. The molecule has 1 atom stereocenters. The first-order chi connectivity index (χ1) is 17.9. The number of nitrogens with zero attached hydrogens (tertiary/aromatic N) is 2. The SMILES string of the molecule is C[C@@H](Oc1cc(-c2ccc3c(c2)C2(CCN(C(C)(C)C)CC2)C(=O)N3)cnc1N)c1c(Cl)ccc(F)c1Cl. The van der Waals surface area contributed by atoms with Gasteiger partial charge in [-0.3, -0.25) is 9.69 Å². The third-order valence-corrected chi connectivity index (χ3v) is 8.50. The highest BCUT2D eigenvalue weighted by Gasteiger charge is 2.49. The monoisotopic (exact) mass is 556 g/mol. The molecule has 2 aromatic carbocycles. The number of aromatic nitrogens is 1. The van der Waals surface area contributed by atoms with E-state index in [1.165, 1.54) is 12.1 Å². The number of benzene rings is 2. The van der Waals surface area contributed by atoms with Crippen molar-refractivity contribution in [2.45, 2.75) is 57.6 Å². The van der Waals surface area contributed by atoms with Crippen molar-refractivity contribution in [2.24, 2.45) is 0 Å². The van der Waals surface area contributed by atoms with Crippen LogP contribution < -0.4 is 15.8 Å². The van der Waals surface area contributed by atoms with Crippen LogP contribution in [0.15, 0.2) is 42.6 Å². The van der Waals surface area contributed by atoms with Gasteiger partial charge < -0.3 is 15.8 Å². The Morgan fingerprint density at radius 1 is 1.13 bits per heavy atom. The zero-order chi connectivity index (χ0) is 27.4. The smallest absolute Gasteiger partial charge is 0.235 e. The van der Waals surface area contributed by atoms with Crippen LogP contribution in [0.25, 0.3) is 11.1 Å². The lowest BCUT2D eigenvalue weighted by atomic mass is 9.72. The molecule has 38 heavy (non-hydrogen) atoms. The summed E-state index contributed by atoms with van der Waals surface area (Å²) in [6.07, 6.45) is 2.51. The topological polar surface area (TPSA) is 80.5 Å². The molecule has 0 radical (unpaired) electrons. The predicted octanol–water partition coefficient (Wildman–Crippen LogP) is 7.00. The van der Waals surface area contributed by atoms with E-state index < -0.39 is 17.3 Å². The van der Waals surface area contributed by atoms with E-state index >= 15 is 0 Å².